The number of alkyl carbamates (subject to hydrolysis) is 1. The number of hydrogen-bond acceptors (Lipinski definition) is 5. The molecule has 0 radical (unpaired) electrons. The smallest absolute Gasteiger partial charge is 0.407 e. The van der Waals surface area contributed by atoms with E-state index in [-0.39, 0.29) is 11.8 Å². The second-order valence-corrected chi connectivity index (χ2v) is 7.55. The lowest BCUT2D eigenvalue weighted by molar-refractivity contribution is 0.0526. The van der Waals surface area contributed by atoms with Gasteiger partial charge in [0, 0.05) is 13.1 Å². The summed E-state index contributed by atoms with van der Waals surface area (Å²) < 4.78 is 5.16. The average Bonchev–Trinajstić information content (AvgIpc) is 2.84. The fraction of sp³-hybridized carbons (Fsp3) is 0.550. The van der Waals surface area contributed by atoms with E-state index in [4.69, 9.17) is 4.74 Å². The van der Waals surface area contributed by atoms with E-state index in [1.54, 1.807) is 24.3 Å². The number of fused-ring (bicyclic) bond motifs is 1. The molecule has 1 aliphatic heterocycles. The van der Waals surface area contributed by atoms with Crippen LogP contribution in [0.25, 0.3) is 0 Å². The number of nitrogens with zero attached hydrogens (tertiary/aromatic N) is 1. The van der Waals surface area contributed by atoms with Gasteiger partial charge in [-0.2, -0.15) is 0 Å². The summed E-state index contributed by atoms with van der Waals surface area (Å²) in [5.41, 5.74) is 0.512. The summed E-state index contributed by atoms with van der Waals surface area (Å²) in [6, 6.07) is 6.94. The van der Waals surface area contributed by atoms with Crippen molar-refractivity contribution in [3.05, 3.63) is 35.4 Å². The summed E-state index contributed by atoms with van der Waals surface area (Å²) in [5.74, 6) is -0.395. The number of carbonyl (C=O) groups is 3. The Kier molecular flexibility index (Phi) is 7.36. The molecule has 2 N–H and O–H groups in total. The number of benzene rings is 1. The second-order valence-electron chi connectivity index (χ2n) is 7.55. The number of unbranched alkanes of at least 4 members (excludes halogenated alkanes) is 1. The monoisotopic (exact) mass is 375 g/mol. The molecule has 1 heterocycles. The van der Waals surface area contributed by atoms with Gasteiger partial charge < -0.3 is 15.4 Å². The zero-order valence-corrected chi connectivity index (χ0v) is 16.3. The van der Waals surface area contributed by atoms with E-state index in [0.717, 1.165) is 32.4 Å². The Bertz CT molecular complexity index is 647. The maximum absolute atomic E-state index is 12.2. The highest BCUT2D eigenvalue weighted by Crippen LogP contribution is 2.22. The van der Waals surface area contributed by atoms with E-state index in [2.05, 4.69) is 10.6 Å². The molecule has 0 aliphatic carbocycles. The summed E-state index contributed by atoms with van der Waals surface area (Å²) in [6.07, 6.45) is 2.03. The predicted octanol–water partition coefficient (Wildman–Crippen LogP) is 2.57. The van der Waals surface area contributed by atoms with Crippen molar-refractivity contribution >= 4 is 17.9 Å². The van der Waals surface area contributed by atoms with Crippen LogP contribution in [0.4, 0.5) is 4.79 Å². The molecule has 0 unspecified atom stereocenters. The lowest BCUT2D eigenvalue weighted by Crippen LogP contribution is -2.34. The molecule has 7 nitrogen and oxygen atoms in total. The fourth-order valence-corrected chi connectivity index (χ4v) is 2.81. The van der Waals surface area contributed by atoms with Crippen LogP contribution >= 0.6 is 0 Å². The Morgan fingerprint density at radius 3 is 2.15 bits per heavy atom. The standard InChI is InChI=1S/C20H29N3O4/c1-20(2,3)27-19(26)22-13-8-12-21-11-6-7-14-23-17(24)15-9-4-5-10-16(15)18(23)25/h4-5,9-10,21H,6-8,11-14H2,1-3H3,(H,22,26). The van der Waals surface area contributed by atoms with E-state index in [1.807, 2.05) is 20.8 Å². The molecule has 148 valence electrons. The third-order valence-corrected chi connectivity index (χ3v) is 4.06. The van der Waals surface area contributed by atoms with Gasteiger partial charge in [0.15, 0.2) is 0 Å². The van der Waals surface area contributed by atoms with Crippen molar-refractivity contribution in [1.29, 1.82) is 0 Å². The molecule has 0 aromatic heterocycles. The SMILES string of the molecule is CC(C)(C)OC(=O)NCCCNCCCCN1C(=O)c2ccccc2C1=O. The second kappa shape index (κ2) is 9.50. The molecule has 2 rings (SSSR count). The lowest BCUT2D eigenvalue weighted by atomic mass is 10.1. The minimum atomic E-state index is -0.484. The Balaban J connectivity index is 1.52. The van der Waals surface area contributed by atoms with Crippen LogP contribution in [-0.4, -0.2) is 54.6 Å². The van der Waals surface area contributed by atoms with Crippen LogP contribution in [0.15, 0.2) is 24.3 Å². The molecule has 0 spiro atoms. The first-order valence-electron chi connectivity index (χ1n) is 9.42. The van der Waals surface area contributed by atoms with Crippen molar-refractivity contribution in [1.82, 2.24) is 15.5 Å². The molecule has 0 saturated carbocycles. The van der Waals surface area contributed by atoms with Crippen molar-refractivity contribution in [2.75, 3.05) is 26.2 Å². The molecular formula is C20H29N3O4. The molecule has 1 aliphatic rings. The molecular weight excluding hydrogens is 346 g/mol. The van der Waals surface area contributed by atoms with Crippen LogP contribution < -0.4 is 10.6 Å². The quantitative estimate of drug-likeness (QED) is 0.512. The van der Waals surface area contributed by atoms with Gasteiger partial charge in [-0.15, -0.1) is 0 Å². The van der Waals surface area contributed by atoms with Gasteiger partial charge in [0.05, 0.1) is 11.1 Å². The molecule has 27 heavy (non-hydrogen) atoms. The van der Waals surface area contributed by atoms with Gasteiger partial charge in [0.1, 0.15) is 5.60 Å². The number of nitrogens with one attached hydrogen (secondary N) is 2. The molecule has 7 heteroatoms. The molecule has 3 amide bonds. The predicted molar refractivity (Wildman–Crippen MR) is 103 cm³/mol. The van der Waals surface area contributed by atoms with E-state index >= 15 is 0 Å². The number of imide groups is 1. The molecule has 0 fully saturated rings. The van der Waals surface area contributed by atoms with Crippen molar-refractivity contribution < 1.29 is 19.1 Å². The summed E-state index contributed by atoms with van der Waals surface area (Å²) >= 11 is 0. The normalized spacial score (nSPS) is 13.7. The number of ether oxygens (including phenoxy) is 1. The number of carbonyl (C=O) groups excluding carboxylic acids is 3. The van der Waals surface area contributed by atoms with Gasteiger partial charge in [-0.1, -0.05) is 12.1 Å². The van der Waals surface area contributed by atoms with Gasteiger partial charge in [-0.25, -0.2) is 4.79 Å². The Morgan fingerprint density at radius 1 is 0.963 bits per heavy atom. The maximum atomic E-state index is 12.2. The van der Waals surface area contributed by atoms with Crippen LogP contribution in [0.2, 0.25) is 0 Å². The first-order valence-corrected chi connectivity index (χ1v) is 9.42. The summed E-state index contributed by atoms with van der Waals surface area (Å²) in [4.78, 5) is 37.3. The minimum absolute atomic E-state index is 0.197. The van der Waals surface area contributed by atoms with Crippen molar-refractivity contribution in [3.8, 4) is 0 Å². The topological polar surface area (TPSA) is 87.7 Å². The zero-order chi connectivity index (χ0) is 19.9. The number of hydrogen-bond donors (Lipinski definition) is 2. The Morgan fingerprint density at radius 2 is 1.56 bits per heavy atom. The third-order valence-electron chi connectivity index (χ3n) is 4.06. The first kappa shape index (κ1) is 20.9. The van der Waals surface area contributed by atoms with Crippen molar-refractivity contribution in [2.45, 2.75) is 45.6 Å². The van der Waals surface area contributed by atoms with Gasteiger partial charge in [0.25, 0.3) is 11.8 Å². The van der Waals surface area contributed by atoms with E-state index in [9.17, 15) is 14.4 Å². The summed E-state index contributed by atoms with van der Waals surface area (Å²) in [5, 5.41) is 6.01. The third kappa shape index (κ3) is 6.36. The molecule has 0 saturated heterocycles. The van der Waals surface area contributed by atoms with Gasteiger partial charge >= 0.3 is 6.09 Å². The van der Waals surface area contributed by atoms with E-state index in [0.29, 0.717) is 24.2 Å². The molecule has 1 aromatic carbocycles. The summed E-state index contributed by atoms with van der Waals surface area (Å²) in [6.45, 7) is 8.06. The van der Waals surface area contributed by atoms with Gasteiger partial charge in [0.2, 0.25) is 0 Å². The van der Waals surface area contributed by atoms with Gasteiger partial charge in [-0.05, 0) is 65.3 Å². The first-order chi connectivity index (χ1) is 12.8. The highest BCUT2D eigenvalue weighted by atomic mass is 16.6. The zero-order valence-electron chi connectivity index (χ0n) is 16.3. The highest BCUT2D eigenvalue weighted by Gasteiger charge is 2.34. The Hall–Kier alpha value is -2.41. The minimum Gasteiger partial charge on any atom is -0.444 e. The molecule has 0 atom stereocenters. The Labute approximate surface area is 160 Å². The van der Waals surface area contributed by atoms with Gasteiger partial charge in [-0.3, -0.25) is 14.5 Å². The summed E-state index contributed by atoms with van der Waals surface area (Å²) in [7, 11) is 0. The van der Waals surface area contributed by atoms with Crippen molar-refractivity contribution in [2.24, 2.45) is 0 Å². The van der Waals surface area contributed by atoms with Crippen molar-refractivity contribution in [3.63, 3.8) is 0 Å². The van der Waals surface area contributed by atoms with Crippen LogP contribution in [0.5, 0.6) is 0 Å². The molecule has 1 aromatic rings. The van der Waals surface area contributed by atoms with Crippen LogP contribution in [0.3, 0.4) is 0 Å². The maximum Gasteiger partial charge on any atom is 0.407 e. The number of rotatable bonds is 9. The van der Waals surface area contributed by atoms with Crippen LogP contribution in [0, 0.1) is 0 Å². The van der Waals surface area contributed by atoms with Crippen LogP contribution in [0.1, 0.15) is 60.7 Å². The van der Waals surface area contributed by atoms with E-state index < -0.39 is 11.7 Å². The fourth-order valence-electron chi connectivity index (χ4n) is 2.81. The molecule has 0 bridgehead atoms. The highest BCUT2D eigenvalue weighted by molar-refractivity contribution is 6.21. The van der Waals surface area contributed by atoms with Crippen LogP contribution in [-0.2, 0) is 4.74 Å². The average molecular weight is 375 g/mol. The largest absolute Gasteiger partial charge is 0.444 e. The lowest BCUT2D eigenvalue weighted by Gasteiger charge is -2.19. The van der Waals surface area contributed by atoms with E-state index in [1.165, 1.54) is 4.90 Å². The number of amides is 3.